The molecular weight excluding hydrogens is 1140 g/mol. The molecule has 85 heavy (non-hydrogen) atoms. The van der Waals surface area contributed by atoms with Crippen molar-refractivity contribution in [2.75, 3.05) is 43.4 Å². The van der Waals surface area contributed by atoms with Gasteiger partial charge in [0.2, 0.25) is 19.5 Å². The van der Waals surface area contributed by atoms with Crippen LogP contribution in [0, 0.1) is 35.5 Å². The molecule has 7 aliphatic rings. The number of hydrogen-bond donors (Lipinski definition) is 4. The van der Waals surface area contributed by atoms with Crippen molar-refractivity contribution in [2.45, 2.75) is 267 Å². The smallest absolute Gasteiger partial charge is 0.351 e. The lowest BCUT2D eigenvalue weighted by molar-refractivity contribution is -0.119. The summed E-state index contributed by atoms with van der Waals surface area (Å²) < 4.78 is 38.5. The van der Waals surface area contributed by atoms with Crippen molar-refractivity contribution in [3.63, 3.8) is 0 Å². The molecule has 2 aromatic rings. The number of hydrogen-bond acceptors (Lipinski definition) is 16. The van der Waals surface area contributed by atoms with Gasteiger partial charge in [0.15, 0.2) is 0 Å². The fraction of sp³-hybridized carbons (Fsp3) is 0.839. The Hall–Kier alpha value is -2.55. The van der Waals surface area contributed by atoms with E-state index in [0.717, 1.165) is 25.9 Å². The minimum atomic E-state index is -1.16. The molecule has 0 bridgehead atoms. The molecule has 13 atom stereocenters. The number of carbonyl (C=O) groups is 2. The molecule has 8 heterocycles. The molecule has 4 N–H and O–H groups in total. The van der Waals surface area contributed by atoms with E-state index in [1.807, 2.05) is 13.8 Å². The van der Waals surface area contributed by atoms with Crippen LogP contribution < -0.4 is 22.0 Å². The Labute approximate surface area is 516 Å². The molecule has 0 radical (unpaired) electrons. The Morgan fingerprint density at radius 1 is 0.718 bits per heavy atom. The number of aliphatic hydroxyl groups is 2. The second kappa shape index (κ2) is 33.0. The molecule has 0 spiro atoms. The van der Waals surface area contributed by atoms with E-state index in [9.17, 15) is 29.4 Å². The normalized spacial score (nSPS) is 30.8. The highest BCUT2D eigenvalue weighted by Gasteiger charge is 2.57. The second-order valence-electron chi connectivity index (χ2n) is 26.0. The number of carbonyl (C=O) groups excluding carboxylic acids is 2. The lowest BCUT2D eigenvalue weighted by Gasteiger charge is -2.33. The van der Waals surface area contributed by atoms with Gasteiger partial charge in [-0.25, -0.2) is 18.9 Å². The molecule has 6 saturated heterocycles. The number of anilines is 2. The van der Waals surface area contributed by atoms with Gasteiger partial charge in [-0.05, 0) is 139 Å². The number of rotatable bonds is 17. The average Bonchev–Trinajstić information content (AvgIpc) is 1.86. The third-order valence-electron chi connectivity index (χ3n) is 19.0. The summed E-state index contributed by atoms with van der Waals surface area (Å²) in [6.07, 6.45) is 13.4. The van der Waals surface area contributed by atoms with Crippen LogP contribution in [0.15, 0.2) is 34.1 Å². The van der Waals surface area contributed by atoms with Crippen LogP contribution in [0.1, 0.15) is 214 Å². The van der Waals surface area contributed by atoms with Gasteiger partial charge < -0.3 is 48.8 Å². The predicted molar refractivity (Wildman–Crippen MR) is 341 cm³/mol. The Kier molecular flexibility index (Phi) is 28.4. The molecule has 0 aromatic carbocycles. The van der Waals surface area contributed by atoms with Crippen molar-refractivity contribution in [3.8, 4) is 0 Å². The van der Waals surface area contributed by atoms with Crippen LogP contribution in [-0.4, -0.2) is 141 Å². The zero-order chi connectivity index (χ0) is 63.3. The van der Waals surface area contributed by atoms with Gasteiger partial charge in [0.25, 0.3) is 8.53 Å². The van der Waals surface area contributed by atoms with Crippen molar-refractivity contribution in [2.24, 2.45) is 35.5 Å². The molecule has 1 saturated carbocycles. The number of nitrogens with zero attached hydrogens (tertiary/aromatic N) is 7. The van der Waals surface area contributed by atoms with Gasteiger partial charge in [-0.2, -0.15) is 9.97 Å². The SMILES string of the molecule is CC(C)[C@](C)(O)C1CCCC1.CC(C)[C@]1(C)OP(Cl)N2CCC[C@H]21.CCN(CC)CC.CC[C@H]1O[C@@H](n2ccc(NC(=O)C(C)C)nc2=O)CC1O.CC[C@H]1O[C@@H](n2ccc(NC(=O)C(C)C)nc2=O)CC1O[P@@]1O[C@@](C)(C(C)C)[C@@H]2CCCN21. The summed E-state index contributed by atoms with van der Waals surface area (Å²) in [5.74, 6) is 1.62. The van der Waals surface area contributed by atoms with Crippen molar-refractivity contribution in [1.82, 2.24) is 33.3 Å². The first kappa shape index (κ1) is 73.2. The monoisotopic (exact) mass is 1250 g/mol. The number of ether oxygens (including phenoxy) is 2. The Morgan fingerprint density at radius 2 is 1.16 bits per heavy atom. The zero-order valence-corrected chi connectivity index (χ0v) is 57.4. The summed E-state index contributed by atoms with van der Waals surface area (Å²) in [5, 5.41) is 25.2. The topological polar surface area (TPSA) is 224 Å². The number of nitrogens with one attached hydrogen (secondary N) is 2. The van der Waals surface area contributed by atoms with Gasteiger partial charge in [-0.15, -0.1) is 0 Å². The summed E-state index contributed by atoms with van der Waals surface area (Å²) in [5.41, 5.74) is -1.60. The Morgan fingerprint density at radius 3 is 1.58 bits per heavy atom. The van der Waals surface area contributed by atoms with Crippen LogP contribution in [0.4, 0.5) is 11.6 Å². The number of halogens is 1. The summed E-state index contributed by atoms with van der Waals surface area (Å²) in [6, 6.07) is 4.14. The van der Waals surface area contributed by atoms with E-state index in [2.05, 4.69) is 118 Å². The van der Waals surface area contributed by atoms with Crippen LogP contribution in [0.2, 0.25) is 0 Å². The van der Waals surface area contributed by atoms with E-state index < -0.39 is 51.7 Å². The van der Waals surface area contributed by atoms with Gasteiger partial charge in [-0.1, -0.05) is 117 Å². The van der Waals surface area contributed by atoms with Crippen LogP contribution in [-0.2, 0) is 32.6 Å². The first-order chi connectivity index (χ1) is 40.0. The lowest BCUT2D eigenvalue weighted by Crippen LogP contribution is -2.43. The van der Waals surface area contributed by atoms with Gasteiger partial charge in [0.05, 0.1) is 41.2 Å². The van der Waals surface area contributed by atoms with Crippen LogP contribution >= 0.6 is 27.4 Å². The quantitative estimate of drug-likeness (QED) is 0.108. The fourth-order valence-corrected chi connectivity index (χ4v) is 16.9. The molecule has 6 aliphatic heterocycles. The summed E-state index contributed by atoms with van der Waals surface area (Å²) in [4.78, 5) is 58.4. The first-order valence-corrected chi connectivity index (χ1v) is 35.3. The first-order valence-electron chi connectivity index (χ1n) is 32.1. The fourth-order valence-electron chi connectivity index (χ4n) is 12.0. The maximum Gasteiger partial charge on any atom is 0.351 e. The number of aromatic nitrogens is 4. The van der Waals surface area contributed by atoms with E-state index in [-0.39, 0.29) is 64.8 Å². The molecule has 2 amide bonds. The molecule has 486 valence electrons. The van der Waals surface area contributed by atoms with Gasteiger partial charge in [0, 0.05) is 62.2 Å². The Balaban J connectivity index is 0.000000216. The number of amides is 2. The largest absolute Gasteiger partial charge is 0.390 e. The van der Waals surface area contributed by atoms with E-state index in [1.165, 1.54) is 79.9 Å². The molecule has 1 aliphatic carbocycles. The Bertz CT molecular complexity index is 2510. The predicted octanol–water partition coefficient (Wildman–Crippen LogP) is 12.2. The highest BCUT2D eigenvalue weighted by atomic mass is 35.7. The highest BCUT2D eigenvalue weighted by molar-refractivity contribution is 7.78. The highest BCUT2D eigenvalue weighted by Crippen LogP contribution is 2.64. The third-order valence-corrected chi connectivity index (χ3v) is 23.1. The number of fused-ring (bicyclic) bond motifs is 2. The molecular formula is C62H110ClN9O11P2. The third kappa shape index (κ3) is 18.6. The maximum atomic E-state index is 12.7. The van der Waals surface area contributed by atoms with E-state index in [0.29, 0.717) is 55.0 Å². The van der Waals surface area contributed by atoms with E-state index in [1.54, 1.807) is 46.0 Å². The molecule has 3 unspecified atom stereocenters. The van der Waals surface area contributed by atoms with Crippen molar-refractivity contribution in [1.29, 1.82) is 0 Å². The lowest BCUT2D eigenvalue weighted by atomic mass is 9.79. The standard InChI is InChI=1S/C23H37N4O5P.C14H21N3O4.C10H20O.C9H17ClNOP.C6H15N/c1-7-16-17(31-33-27-11-8-9-18(27)23(6,32-33)15(4)5)13-20(30-16)26-12-10-19(25-22(26)29)24-21(28)14(2)3;1-4-10-9(18)7-12(21-10)17-6-5-11(16-14(17)20)15-13(19)8(2)3;1-8(2)10(3,11)9-6-4-5-7-9;1-7(2)9(3)8-5-4-6-11(8)13(10)12-9;1-4-7(5-2)6-3/h10,12,14-18,20H,7-9,11,13H2,1-6H3,(H,24,25,28,29);5-6,8-10,12,18H,4,7H2,1-3H3,(H,15,16,19,20);8-9,11H,4-7H2,1-3H3;7-8H,4-6H2,1-3H3;4-6H2,1-3H3/t16-,17?,18+,20-,23+,33+;9?,10-,12-;10-;8-,9-,13?;/m1100./s1. The van der Waals surface area contributed by atoms with Crippen LogP contribution in [0.25, 0.3) is 0 Å². The van der Waals surface area contributed by atoms with Gasteiger partial charge in [-0.3, -0.25) is 18.7 Å². The van der Waals surface area contributed by atoms with Crippen LogP contribution in [0.5, 0.6) is 0 Å². The minimum Gasteiger partial charge on any atom is -0.390 e. The van der Waals surface area contributed by atoms with E-state index >= 15 is 0 Å². The average molecular weight is 1260 g/mol. The number of aliphatic hydroxyl groups excluding tert-OH is 1. The summed E-state index contributed by atoms with van der Waals surface area (Å²) >= 11 is 6.21. The molecule has 2 aromatic heterocycles. The molecule has 23 heteroatoms. The van der Waals surface area contributed by atoms with Crippen molar-refractivity contribution in [3.05, 3.63) is 45.5 Å². The summed E-state index contributed by atoms with van der Waals surface area (Å²) in [7, 11) is -1.98. The zero-order valence-electron chi connectivity index (χ0n) is 54.9. The minimum absolute atomic E-state index is 0.00997. The van der Waals surface area contributed by atoms with E-state index in [4.69, 9.17) is 34.3 Å². The van der Waals surface area contributed by atoms with Gasteiger partial charge in [0.1, 0.15) is 24.1 Å². The summed E-state index contributed by atoms with van der Waals surface area (Å²) in [6.45, 7) is 42.8. The molecule has 9 rings (SSSR count). The maximum absolute atomic E-state index is 12.7. The second-order valence-corrected chi connectivity index (χ2v) is 29.4. The molecule has 7 fully saturated rings. The van der Waals surface area contributed by atoms with Crippen LogP contribution in [0.3, 0.4) is 0 Å². The van der Waals surface area contributed by atoms with Crippen molar-refractivity contribution >= 4 is 50.9 Å². The van der Waals surface area contributed by atoms with Gasteiger partial charge >= 0.3 is 11.4 Å². The van der Waals surface area contributed by atoms with Crippen molar-refractivity contribution < 1.29 is 42.8 Å². The molecule has 20 nitrogen and oxygen atoms in total.